The lowest BCUT2D eigenvalue weighted by atomic mass is 9.96. The summed E-state index contributed by atoms with van der Waals surface area (Å²) in [5.41, 5.74) is -0.257. The molecular formula is C17H29NO3. The molecule has 0 saturated heterocycles. The third kappa shape index (κ3) is 8.02. The maximum absolute atomic E-state index is 11.7. The van der Waals surface area contributed by atoms with Crippen molar-refractivity contribution in [3.8, 4) is 0 Å². The second kappa shape index (κ2) is 9.00. The topological polar surface area (TPSA) is 47.6 Å². The van der Waals surface area contributed by atoms with Crippen molar-refractivity contribution in [2.75, 3.05) is 20.3 Å². The second-order valence-electron chi connectivity index (χ2n) is 6.40. The third-order valence-corrected chi connectivity index (χ3v) is 3.38. The van der Waals surface area contributed by atoms with Crippen molar-refractivity contribution in [2.24, 2.45) is 5.92 Å². The van der Waals surface area contributed by atoms with Gasteiger partial charge in [-0.1, -0.05) is 24.3 Å². The lowest BCUT2D eigenvalue weighted by Crippen LogP contribution is -2.43. The molecule has 2 atom stereocenters. The minimum atomic E-state index is -0.393. The van der Waals surface area contributed by atoms with Crippen LogP contribution in [0.4, 0.5) is 0 Å². The molecule has 1 aliphatic rings. The van der Waals surface area contributed by atoms with Gasteiger partial charge in [-0.15, -0.1) is 0 Å². The van der Waals surface area contributed by atoms with Crippen molar-refractivity contribution in [1.29, 1.82) is 0 Å². The minimum absolute atomic E-state index is 0.257. The average molecular weight is 295 g/mol. The average Bonchev–Trinajstić information content (AvgIpc) is 2.45. The molecule has 0 spiro atoms. The molecule has 0 saturated carbocycles. The molecular weight excluding hydrogens is 266 g/mol. The molecule has 0 aromatic heterocycles. The Morgan fingerprint density at radius 1 is 1.38 bits per heavy atom. The van der Waals surface area contributed by atoms with Crippen molar-refractivity contribution in [3.05, 3.63) is 24.3 Å². The highest BCUT2D eigenvalue weighted by Gasteiger charge is 2.22. The van der Waals surface area contributed by atoms with Crippen LogP contribution < -0.4 is 5.32 Å². The zero-order chi connectivity index (χ0) is 15.7. The third-order valence-electron chi connectivity index (χ3n) is 3.38. The smallest absolute Gasteiger partial charge is 0.325 e. The molecule has 1 unspecified atom stereocenters. The van der Waals surface area contributed by atoms with Gasteiger partial charge in [0.15, 0.2) is 0 Å². The summed E-state index contributed by atoms with van der Waals surface area (Å²) in [6.45, 7) is 7.06. The molecule has 0 fully saturated rings. The number of carbonyl (C=O) groups excluding carboxylic acids is 1. The molecule has 4 heteroatoms. The van der Waals surface area contributed by atoms with E-state index in [4.69, 9.17) is 9.47 Å². The summed E-state index contributed by atoms with van der Waals surface area (Å²) in [7, 11) is 1.41. The van der Waals surface area contributed by atoms with Crippen LogP contribution in [0.1, 0.15) is 40.0 Å². The van der Waals surface area contributed by atoms with Gasteiger partial charge in [0.1, 0.15) is 6.04 Å². The Bertz CT molecular complexity index is 369. The zero-order valence-corrected chi connectivity index (χ0v) is 13.7. The number of rotatable bonds is 8. The minimum Gasteiger partial charge on any atom is -0.468 e. The SMILES string of the molecule is COC(=O)[C@@H](COC(C)(C)C)NCCCC1C=CC=CC1. The largest absolute Gasteiger partial charge is 0.468 e. The number of allylic oxidation sites excluding steroid dienone is 4. The molecule has 120 valence electrons. The van der Waals surface area contributed by atoms with E-state index in [1.807, 2.05) is 20.8 Å². The number of carbonyl (C=O) groups is 1. The second-order valence-corrected chi connectivity index (χ2v) is 6.40. The zero-order valence-electron chi connectivity index (χ0n) is 13.7. The van der Waals surface area contributed by atoms with Gasteiger partial charge in [0.05, 0.1) is 19.3 Å². The summed E-state index contributed by atoms with van der Waals surface area (Å²) < 4.78 is 10.5. The Kier molecular flexibility index (Phi) is 7.68. The molecule has 0 aromatic carbocycles. The van der Waals surface area contributed by atoms with Crippen molar-refractivity contribution in [3.63, 3.8) is 0 Å². The van der Waals surface area contributed by atoms with Gasteiger partial charge >= 0.3 is 5.97 Å². The maximum Gasteiger partial charge on any atom is 0.325 e. The van der Waals surface area contributed by atoms with Crippen LogP contribution in [-0.2, 0) is 14.3 Å². The van der Waals surface area contributed by atoms with Gasteiger partial charge in [0, 0.05) is 0 Å². The van der Waals surface area contributed by atoms with Gasteiger partial charge in [-0.3, -0.25) is 4.79 Å². The number of nitrogens with one attached hydrogen (secondary N) is 1. The maximum atomic E-state index is 11.7. The lowest BCUT2D eigenvalue weighted by molar-refractivity contribution is -0.146. The van der Waals surface area contributed by atoms with Gasteiger partial charge in [0.25, 0.3) is 0 Å². The standard InChI is InChI=1S/C17H29NO3/c1-17(2,3)21-13-15(16(19)20-4)18-12-8-11-14-9-6-5-7-10-14/h5-7,9,14-15,18H,8,10-13H2,1-4H3/t14?,15-/m1/s1. The number of hydrogen-bond acceptors (Lipinski definition) is 4. The van der Waals surface area contributed by atoms with Gasteiger partial charge in [-0.2, -0.15) is 0 Å². The van der Waals surface area contributed by atoms with Crippen LogP contribution in [0.15, 0.2) is 24.3 Å². The van der Waals surface area contributed by atoms with E-state index in [1.165, 1.54) is 7.11 Å². The van der Waals surface area contributed by atoms with Crippen molar-refractivity contribution >= 4 is 5.97 Å². The first-order valence-electron chi connectivity index (χ1n) is 7.71. The summed E-state index contributed by atoms with van der Waals surface area (Å²) in [6.07, 6.45) is 11.9. The summed E-state index contributed by atoms with van der Waals surface area (Å²) >= 11 is 0. The Labute approximate surface area is 128 Å². The van der Waals surface area contributed by atoms with Gasteiger partial charge in [0.2, 0.25) is 0 Å². The first-order valence-corrected chi connectivity index (χ1v) is 7.71. The Hall–Kier alpha value is -1.13. The number of ether oxygens (including phenoxy) is 2. The molecule has 0 aromatic rings. The highest BCUT2D eigenvalue weighted by molar-refractivity contribution is 5.75. The normalized spacial score (nSPS) is 19.5. The fraction of sp³-hybridized carbons (Fsp3) is 0.706. The predicted octanol–water partition coefficient (Wildman–Crippen LogP) is 2.85. The van der Waals surface area contributed by atoms with Crippen LogP contribution in [0.5, 0.6) is 0 Å². The Morgan fingerprint density at radius 2 is 2.14 bits per heavy atom. The lowest BCUT2D eigenvalue weighted by Gasteiger charge is -2.24. The summed E-state index contributed by atoms with van der Waals surface area (Å²) in [6, 6.07) is -0.393. The van der Waals surface area contributed by atoms with Gasteiger partial charge < -0.3 is 14.8 Å². The molecule has 1 rings (SSSR count). The van der Waals surface area contributed by atoms with Crippen molar-refractivity contribution in [2.45, 2.75) is 51.7 Å². The van der Waals surface area contributed by atoms with E-state index in [0.717, 1.165) is 25.8 Å². The first-order chi connectivity index (χ1) is 9.92. The quantitative estimate of drug-likeness (QED) is 0.552. The first kappa shape index (κ1) is 17.9. The van der Waals surface area contributed by atoms with E-state index >= 15 is 0 Å². The molecule has 0 amide bonds. The van der Waals surface area contributed by atoms with Crippen molar-refractivity contribution in [1.82, 2.24) is 5.32 Å². The van der Waals surface area contributed by atoms with Crippen LogP contribution >= 0.6 is 0 Å². The summed E-state index contributed by atoms with van der Waals surface area (Å²) in [5, 5.41) is 3.24. The molecule has 1 aliphatic carbocycles. The van der Waals surface area contributed by atoms with E-state index in [0.29, 0.717) is 12.5 Å². The highest BCUT2D eigenvalue weighted by atomic mass is 16.5. The van der Waals surface area contributed by atoms with Crippen molar-refractivity contribution < 1.29 is 14.3 Å². The van der Waals surface area contributed by atoms with E-state index in [-0.39, 0.29) is 11.6 Å². The van der Waals surface area contributed by atoms with E-state index in [9.17, 15) is 4.79 Å². The fourth-order valence-electron chi connectivity index (χ4n) is 2.17. The van der Waals surface area contributed by atoms with Crippen LogP contribution in [0.25, 0.3) is 0 Å². The van der Waals surface area contributed by atoms with E-state index in [2.05, 4.69) is 29.6 Å². The van der Waals surface area contributed by atoms with E-state index < -0.39 is 6.04 Å². The summed E-state index contributed by atoms with van der Waals surface area (Å²) in [5.74, 6) is 0.360. The van der Waals surface area contributed by atoms with Crippen LogP contribution in [0.2, 0.25) is 0 Å². The highest BCUT2D eigenvalue weighted by Crippen LogP contribution is 2.16. The number of hydrogen-bond donors (Lipinski definition) is 1. The van der Waals surface area contributed by atoms with Crippen LogP contribution in [-0.4, -0.2) is 37.9 Å². The van der Waals surface area contributed by atoms with Crippen LogP contribution in [0, 0.1) is 5.92 Å². The Balaban J connectivity index is 2.27. The van der Waals surface area contributed by atoms with Crippen LogP contribution in [0.3, 0.4) is 0 Å². The monoisotopic (exact) mass is 295 g/mol. The Morgan fingerprint density at radius 3 is 2.71 bits per heavy atom. The number of methoxy groups -OCH3 is 1. The number of esters is 1. The molecule has 0 heterocycles. The van der Waals surface area contributed by atoms with Gasteiger partial charge in [-0.25, -0.2) is 0 Å². The molecule has 1 N–H and O–H groups in total. The fourth-order valence-corrected chi connectivity index (χ4v) is 2.17. The molecule has 0 radical (unpaired) electrons. The molecule has 21 heavy (non-hydrogen) atoms. The summed E-state index contributed by atoms with van der Waals surface area (Å²) in [4.78, 5) is 11.7. The molecule has 0 aliphatic heterocycles. The molecule has 0 bridgehead atoms. The predicted molar refractivity (Wildman–Crippen MR) is 85.1 cm³/mol. The molecule has 4 nitrogen and oxygen atoms in total. The van der Waals surface area contributed by atoms with E-state index in [1.54, 1.807) is 0 Å². The van der Waals surface area contributed by atoms with Gasteiger partial charge in [-0.05, 0) is 52.5 Å².